The van der Waals surface area contributed by atoms with Crippen LogP contribution in [-0.2, 0) is 24.3 Å². The van der Waals surface area contributed by atoms with Crippen LogP contribution >= 0.6 is 0 Å². The number of carbonyl (C=O) groups is 1. The molecule has 0 aliphatic carbocycles. The molecule has 0 unspecified atom stereocenters. The number of aromatic nitrogens is 2. The highest BCUT2D eigenvalue weighted by atomic mass is 16.5. The minimum Gasteiger partial charge on any atom is -0.480 e. The summed E-state index contributed by atoms with van der Waals surface area (Å²) < 4.78 is 5.36. The van der Waals surface area contributed by atoms with Gasteiger partial charge in [0, 0.05) is 37.3 Å². The van der Waals surface area contributed by atoms with Gasteiger partial charge in [0.05, 0.1) is 23.9 Å². The van der Waals surface area contributed by atoms with Crippen LogP contribution in [0.5, 0.6) is 5.75 Å². The SMILES string of the molecule is C=NCc1ccc2nccc(CCN3CC[C@H](NCc4ccc5c(n4)NC(=O)CO5)[C@H](O)C3)c2c1. The Morgan fingerprint density at radius 1 is 1.29 bits per heavy atom. The highest BCUT2D eigenvalue weighted by Gasteiger charge is 2.27. The summed E-state index contributed by atoms with van der Waals surface area (Å²) in [4.78, 5) is 26.8. The van der Waals surface area contributed by atoms with E-state index in [0.717, 1.165) is 48.1 Å². The monoisotopic (exact) mass is 474 g/mol. The first-order valence-electron chi connectivity index (χ1n) is 11.9. The zero-order valence-corrected chi connectivity index (χ0v) is 19.6. The summed E-state index contributed by atoms with van der Waals surface area (Å²) in [5, 5.41) is 18.1. The van der Waals surface area contributed by atoms with E-state index in [9.17, 15) is 9.90 Å². The number of hydrogen-bond acceptors (Lipinski definition) is 8. The normalized spacial score (nSPS) is 20.2. The third-order valence-electron chi connectivity index (χ3n) is 6.63. The third kappa shape index (κ3) is 5.48. The Bertz CT molecular complexity index is 1230. The molecule has 1 amide bonds. The van der Waals surface area contributed by atoms with Crippen molar-refractivity contribution in [2.24, 2.45) is 4.99 Å². The number of anilines is 1. The van der Waals surface area contributed by atoms with E-state index in [1.54, 1.807) is 0 Å². The first-order valence-corrected chi connectivity index (χ1v) is 11.9. The minimum atomic E-state index is -0.469. The van der Waals surface area contributed by atoms with Crippen LogP contribution in [0.25, 0.3) is 10.9 Å². The second kappa shape index (κ2) is 10.5. The summed E-state index contributed by atoms with van der Waals surface area (Å²) in [5.41, 5.74) is 4.16. The maximum absolute atomic E-state index is 11.5. The number of rotatable bonds is 8. The molecule has 182 valence electrons. The molecule has 3 N–H and O–H groups in total. The molecular weight excluding hydrogens is 444 g/mol. The number of piperidine rings is 1. The van der Waals surface area contributed by atoms with Gasteiger partial charge in [0.15, 0.2) is 18.2 Å². The highest BCUT2D eigenvalue weighted by molar-refractivity contribution is 5.94. The number of nitrogens with zero attached hydrogens (tertiary/aromatic N) is 4. The number of aliphatic imine (C=N–C) groups is 1. The molecule has 2 atom stereocenters. The smallest absolute Gasteiger partial charge is 0.263 e. The van der Waals surface area contributed by atoms with Gasteiger partial charge in [-0.15, -0.1) is 0 Å². The van der Waals surface area contributed by atoms with E-state index in [-0.39, 0.29) is 18.6 Å². The van der Waals surface area contributed by atoms with Crippen LogP contribution in [0, 0.1) is 0 Å². The zero-order valence-electron chi connectivity index (χ0n) is 19.6. The van der Waals surface area contributed by atoms with E-state index >= 15 is 0 Å². The molecule has 4 heterocycles. The van der Waals surface area contributed by atoms with Crippen LogP contribution in [0.15, 0.2) is 47.6 Å². The van der Waals surface area contributed by atoms with E-state index in [2.05, 4.69) is 49.3 Å². The van der Waals surface area contributed by atoms with Gasteiger partial charge in [-0.1, -0.05) is 6.07 Å². The van der Waals surface area contributed by atoms with Gasteiger partial charge in [-0.2, -0.15) is 0 Å². The molecule has 2 aliphatic heterocycles. The molecule has 1 saturated heterocycles. The molecule has 1 fully saturated rings. The lowest BCUT2D eigenvalue weighted by molar-refractivity contribution is -0.118. The van der Waals surface area contributed by atoms with Crippen LogP contribution in [0.1, 0.15) is 23.2 Å². The maximum atomic E-state index is 11.5. The van der Waals surface area contributed by atoms with Crippen molar-refractivity contribution in [3.05, 3.63) is 59.4 Å². The van der Waals surface area contributed by atoms with E-state index in [1.165, 1.54) is 5.56 Å². The minimum absolute atomic E-state index is 0.00867. The third-order valence-corrected chi connectivity index (χ3v) is 6.63. The standard InChI is InChI=1S/C26H30N6O3/c1-27-13-17-2-4-21-20(12-17)18(6-9-28-21)7-10-32-11-8-22(23(33)15-32)29-14-19-3-5-24-26(30-19)31-25(34)16-35-24/h2-6,9,12,22-23,29,33H,1,7-8,10-11,13-16H2,(H,30,31,34)/t22-,23+/m0/s1. The number of aliphatic hydroxyl groups is 1. The second-order valence-corrected chi connectivity index (χ2v) is 9.08. The first-order chi connectivity index (χ1) is 17.1. The number of hydrogen-bond donors (Lipinski definition) is 3. The lowest BCUT2D eigenvalue weighted by Gasteiger charge is -2.36. The zero-order chi connectivity index (χ0) is 24.2. The molecule has 2 aromatic heterocycles. The Hall–Kier alpha value is -3.40. The molecule has 0 bridgehead atoms. The van der Waals surface area contributed by atoms with E-state index < -0.39 is 6.10 Å². The summed E-state index contributed by atoms with van der Waals surface area (Å²) in [6.07, 6.45) is 3.13. The Balaban J connectivity index is 1.14. The molecule has 0 saturated carbocycles. The van der Waals surface area contributed by atoms with Crippen LogP contribution in [0.3, 0.4) is 0 Å². The van der Waals surface area contributed by atoms with Gasteiger partial charge in [-0.3, -0.25) is 14.8 Å². The van der Waals surface area contributed by atoms with Crippen molar-refractivity contribution in [2.75, 3.05) is 31.6 Å². The van der Waals surface area contributed by atoms with Gasteiger partial charge in [0.25, 0.3) is 5.91 Å². The van der Waals surface area contributed by atoms with Gasteiger partial charge in [0.2, 0.25) is 0 Å². The van der Waals surface area contributed by atoms with Gasteiger partial charge >= 0.3 is 0 Å². The summed E-state index contributed by atoms with van der Waals surface area (Å²) in [7, 11) is 0. The van der Waals surface area contributed by atoms with Crippen molar-refractivity contribution in [2.45, 2.75) is 38.1 Å². The Morgan fingerprint density at radius 3 is 3.06 bits per heavy atom. The number of benzene rings is 1. The lowest BCUT2D eigenvalue weighted by atomic mass is 10.00. The summed E-state index contributed by atoms with van der Waals surface area (Å²) in [5.74, 6) is 0.830. The second-order valence-electron chi connectivity index (χ2n) is 9.08. The molecule has 9 nitrogen and oxygen atoms in total. The van der Waals surface area contributed by atoms with Gasteiger partial charge in [0.1, 0.15) is 0 Å². The number of amides is 1. The van der Waals surface area contributed by atoms with Crippen molar-refractivity contribution in [1.29, 1.82) is 0 Å². The molecule has 3 aromatic rings. The largest absolute Gasteiger partial charge is 0.480 e. The molecular formula is C26H30N6O3. The Kier molecular flexibility index (Phi) is 6.98. The molecule has 2 aliphatic rings. The van der Waals surface area contributed by atoms with Crippen molar-refractivity contribution in [3.8, 4) is 5.75 Å². The number of nitrogens with one attached hydrogen (secondary N) is 2. The average molecular weight is 475 g/mol. The number of carbonyl (C=O) groups excluding carboxylic acids is 1. The van der Waals surface area contributed by atoms with Gasteiger partial charge < -0.3 is 25.4 Å². The maximum Gasteiger partial charge on any atom is 0.263 e. The quantitative estimate of drug-likeness (QED) is 0.428. The summed E-state index contributed by atoms with van der Waals surface area (Å²) in [6, 6.07) is 12.0. The number of pyridine rings is 2. The van der Waals surface area contributed by atoms with Crippen LogP contribution in [0.2, 0.25) is 0 Å². The summed E-state index contributed by atoms with van der Waals surface area (Å²) >= 11 is 0. The number of aliphatic hydroxyl groups excluding tert-OH is 1. The fraction of sp³-hybridized carbons (Fsp3) is 0.385. The van der Waals surface area contributed by atoms with Crippen molar-refractivity contribution >= 4 is 29.3 Å². The lowest BCUT2D eigenvalue weighted by Crippen LogP contribution is -2.52. The number of likely N-dealkylation sites (tertiary alicyclic amines) is 1. The van der Waals surface area contributed by atoms with Crippen molar-refractivity contribution in [1.82, 2.24) is 20.2 Å². The fourth-order valence-corrected chi connectivity index (χ4v) is 4.75. The predicted octanol–water partition coefficient (Wildman–Crippen LogP) is 1.93. The Morgan fingerprint density at radius 2 is 2.20 bits per heavy atom. The molecule has 1 aromatic carbocycles. The van der Waals surface area contributed by atoms with Gasteiger partial charge in [-0.25, -0.2) is 4.98 Å². The van der Waals surface area contributed by atoms with E-state index in [1.807, 2.05) is 30.5 Å². The fourth-order valence-electron chi connectivity index (χ4n) is 4.75. The van der Waals surface area contributed by atoms with Gasteiger partial charge in [-0.05, 0) is 67.6 Å². The number of ether oxygens (including phenoxy) is 1. The van der Waals surface area contributed by atoms with Crippen LogP contribution in [-0.4, -0.2) is 71.0 Å². The molecule has 5 rings (SSSR count). The predicted molar refractivity (Wildman–Crippen MR) is 135 cm³/mol. The molecule has 0 spiro atoms. The number of β-amino-alcohol motifs (C(OH)–C–C–N with tert-alkyl or cyclic N) is 1. The molecule has 0 radical (unpaired) electrons. The van der Waals surface area contributed by atoms with Crippen LogP contribution < -0.4 is 15.4 Å². The van der Waals surface area contributed by atoms with E-state index in [4.69, 9.17) is 4.74 Å². The van der Waals surface area contributed by atoms with Crippen LogP contribution in [0.4, 0.5) is 5.82 Å². The topological polar surface area (TPSA) is 112 Å². The first kappa shape index (κ1) is 23.3. The summed E-state index contributed by atoms with van der Waals surface area (Å²) in [6.45, 7) is 7.12. The Labute approximate surface area is 204 Å². The van der Waals surface area contributed by atoms with E-state index in [0.29, 0.717) is 31.2 Å². The molecule has 9 heteroatoms. The van der Waals surface area contributed by atoms with Crippen molar-refractivity contribution < 1.29 is 14.6 Å². The average Bonchev–Trinajstić information content (AvgIpc) is 2.87. The number of fused-ring (bicyclic) bond motifs is 2. The molecule has 35 heavy (non-hydrogen) atoms. The van der Waals surface area contributed by atoms with Crippen molar-refractivity contribution in [3.63, 3.8) is 0 Å². The highest BCUT2D eigenvalue weighted by Crippen LogP contribution is 2.25.